The fraction of sp³-hybridized carbons (Fsp3) is 0.273. The third-order valence-electron chi connectivity index (χ3n) is 2.39. The molecule has 0 saturated carbocycles. The second-order valence-electron chi connectivity index (χ2n) is 4.01. The Kier molecular flexibility index (Phi) is 4.83. The number of rotatable bonds is 5. The minimum Gasteiger partial charge on any atom is -0.480 e. The van der Waals surface area contributed by atoms with Crippen molar-refractivity contribution in [3.05, 3.63) is 29.8 Å². The summed E-state index contributed by atoms with van der Waals surface area (Å²) in [6.45, 7) is 1.22. The number of hydrogen-bond donors (Lipinski definition) is 4. The summed E-state index contributed by atoms with van der Waals surface area (Å²) in [6, 6.07) is 4.25. The van der Waals surface area contributed by atoms with E-state index >= 15 is 0 Å². The number of carboxylic acids is 1. The van der Waals surface area contributed by atoms with Gasteiger partial charge in [-0.25, -0.2) is 4.79 Å². The first-order valence-corrected chi connectivity index (χ1v) is 6.96. The maximum Gasteiger partial charge on any atom is 0.356 e. The molecule has 0 aliphatic rings. The Balaban J connectivity index is 2.84. The molecule has 0 radical (unpaired) electrons. The molecule has 104 valence electrons. The van der Waals surface area contributed by atoms with E-state index in [-0.39, 0.29) is 11.7 Å². The van der Waals surface area contributed by atoms with Gasteiger partial charge in [0.2, 0.25) is 5.91 Å². The molecule has 0 saturated heterocycles. The van der Waals surface area contributed by atoms with Crippen LogP contribution in [0, 0.1) is 0 Å². The van der Waals surface area contributed by atoms with Crippen LogP contribution in [0.1, 0.15) is 12.5 Å². The van der Waals surface area contributed by atoms with E-state index in [0.29, 0.717) is 5.56 Å². The highest BCUT2D eigenvalue weighted by Crippen LogP contribution is 2.32. The highest BCUT2D eigenvalue weighted by Gasteiger charge is 2.20. The van der Waals surface area contributed by atoms with Gasteiger partial charge in [-0.2, -0.15) is 0 Å². The SMILES string of the molecule is CC(=O)N[C@@H](Cc1ccc(P(=O)(O)O)cc1)C(=O)O. The third kappa shape index (κ3) is 4.82. The second-order valence-corrected chi connectivity index (χ2v) is 5.61. The molecule has 1 aromatic carbocycles. The van der Waals surface area contributed by atoms with E-state index in [2.05, 4.69) is 5.32 Å². The Morgan fingerprint density at radius 2 is 1.79 bits per heavy atom. The molecule has 0 bridgehead atoms. The number of benzene rings is 1. The van der Waals surface area contributed by atoms with E-state index in [0.717, 1.165) is 0 Å². The van der Waals surface area contributed by atoms with Gasteiger partial charge in [-0.15, -0.1) is 0 Å². The van der Waals surface area contributed by atoms with Gasteiger partial charge >= 0.3 is 13.6 Å². The largest absolute Gasteiger partial charge is 0.480 e. The van der Waals surface area contributed by atoms with Crippen molar-refractivity contribution < 1.29 is 29.0 Å². The predicted octanol–water partition coefficient (Wildman–Crippen LogP) is -0.379. The molecule has 8 heteroatoms. The minimum absolute atomic E-state index is 0.0380. The van der Waals surface area contributed by atoms with Gasteiger partial charge < -0.3 is 20.2 Å². The smallest absolute Gasteiger partial charge is 0.356 e. The third-order valence-corrected chi connectivity index (χ3v) is 3.36. The summed E-state index contributed by atoms with van der Waals surface area (Å²) in [5.41, 5.74) is 0.554. The van der Waals surface area contributed by atoms with Crippen LogP contribution in [0.3, 0.4) is 0 Å². The van der Waals surface area contributed by atoms with Gasteiger partial charge in [0.25, 0.3) is 0 Å². The van der Waals surface area contributed by atoms with Crippen molar-refractivity contribution in [3.63, 3.8) is 0 Å². The fourth-order valence-electron chi connectivity index (χ4n) is 1.51. The lowest BCUT2D eigenvalue weighted by atomic mass is 10.1. The molecule has 0 aromatic heterocycles. The van der Waals surface area contributed by atoms with Gasteiger partial charge in [-0.05, 0) is 17.7 Å². The maximum atomic E-state index is 11.0. The highest BCUT2D eigenvalue weighted by atomic mass is 31.2. The van der Waals surface area contributed by atoms with Crippen LogP contribution in [-0.2, 0) is 20.6 Å². The first-order chi connectivity index (χ1) is 8.70. The van der Waals surface area contributed by atoms with Crippen molar-refractivity contribution in [1.82, 2.24) is 5.32 Å². The zero-order chi connectivity index (χ0) is 14.6. The Labute approximate surface area is 109 Å². The lowest BCUT2D eigenvalue weighted by Crippen LogP contribution is -2.41. The summed E-state index contributed by atoms with van der Waals surface area (Å²) < 4.78 is 11.0. The van der Waals surface area contributed by atoms with E-state index in [1.807, 2.05) is 0 Å². The van der Waals surface area contributed by atoms with Crippen LogP contribution in [0.25, 0.3) is 0 Å². The average Bonchev–Trinajstić information content (AvgIpc) is 2.27. The summed E-state index contributed by atoms with van der Waals surface area (Å²) >= 11 is 0. The van der Waals surface area contributed by atoms with Crippen LogP contribution in [-0.4, -0.2) is 32.8 Å². The van der Waals surface area contributed by atoms with Gasteiger partial charge in [-0.1, -0.05) is 12.1 Å². The Morgan fingerprint density at radius 3 is 2.16 bits per heavy atom. The molecule has 1 atom stereocenters. The topological polar surface area (TPSA) is 124 Å². The van der Waals surface area contributed by atoms with Crippen molar-refractivity contribution in [2.45, 2.75) is 19.4 Å². The summed E-state index contributed by atoms with van der Waals surface area (Å²) in [4.78, 5) is 39.6. The zero-order valence-corrected chi connectivity index (χ0v) is 11.0. The molecule has 7 nitrogen and oxygen atoms in total. The maximum absolute atomic E-state index is 11.0. The molecule has 0 heterocycles. The highest BCUT2D eigenvalue weighted by molar-refractivity contribution is 7.60. The van der Waals surface area contributed by atoms with Gasteiger partial charge in [0.15, 0.2) is 0 Å². The molecule has 0 fully saturated rings. The van der Waals surface area contributed by atoms with E-state index in [1.54, 1.807) is 0 Å². The Morgan fingerprint density at radius 1 is 1.26 bits per heavy atom. The van der Waals surface area contributed by atoms with Gasteiger partial charge in [0.05, 0.1) is 5.30 Å². The fourth-order valence-corrected chi connectivity index (χ4v) is 2.04. The van der Waals surface area contributed by atoms with Crippen LogP contribution in [0.4, 0.5) is 0 Å². The van der Waals surface area contributed by atoms with E-state index < -0.39 is 25.5 Å². The number of nitrogens with one attached hydrogen (secondary N) is 1. The first kappa shape index (κ1) is 15.4. The van der Waals surface area contributed by atoms with Gasteiger partial charge in [0, 0.05) is 13.3 Å². The summed E-state index contributed by atoms with van der Waals surface area (Å²) in [5, 5.41) is 11.1. The van der Waals surface area contributed by atoms with Gasteiger partial charge in [0.1, 0.15) is 6.04 Å². The molecule has 1 amide bonds. The molecule has 1 aromatic rings. The van der Waals surface area contributed by atoms with Crippen LogP contribution < -0.4 is 10.6 Å². The zero-order valence-electron chi connectivity index (χ0n) is 10.1. The molecular weight excluding hydrogens is 273 g/mol. The normalized spacial score (nSPS) is 12.8. The van der Waals surface area contributed by atoms with Crippen LogP contribution in [0.2, 0.25) is 0 Å². The summed E-state index contributed by atoms with van der Waals surface area (Å²) in [5.74, 6) is -1.63. The van der Waals surface area contributed by atoms with E-state index in [1.165, 1.54) is 31.2 Å². The number of carboxylic acid groups (broad SMARTS) is 1. The van der Waals surface area contributed by atoms with Crippen molar-refractivity contribution in [2.24, 2.45) is 0 Å². The second kappa shape index (κ2) is 5.97. The molecule has 0 spiro atoms. The number of carbonyl (C=O) groups excluding carboxylic acids is 1. The van der Waals surface area contributed by atoms with E-state index in [4.69, 9.17) is 14.9 Å². The van der Waals surface area contributed by atoms with Crippen LogP contribution in [0.5, 0.6) is 0 Å². The average molecular weight is 287 g/mol. The van der Waals surface area contributed by atoms with Gasteiger partial charge in [-0.3, -0.25) is 9.36 Å². The quantitative estimate of drug-likeness (QED) is 0.547. The van der Waals surface area contributed by atoms with Crippen LogP contribution >= 0.6 is 7.60 Å². The van der Waals surface area contributed by atoms with Crippen molar-refractivity contribution in [2.75, 3.05) is 0 Å². The molecule has 0 aliphatic carbocycles. The molecule has 4 N–H and O–H groups in total. The van der Waals surface area contributed by atoms with Crippen molar-refractivity contribution >= 4 is 24.8 Å². The molecule has 19 heavy (non-hydrogen) atoms. The lowest BCUT2D eigenvalue weighted by molar-refractivity contribution is -0.141. The Bertz CT molecular complexity index is 520. The number of carbonyl (C=O) groups is 2. The van der Waals surface area contributed by atoms with Crippen molar-refractivity contribution in [1.29, 1.82) is 0 Å². The Hall–Kier alpha value is -1.69. The molecular formula is C11H14NO6P. The first-order valence-electron chi connectivity index (χ1n) is 5.35. The van der Waals surface area contributed by atoms with Crippen LogP contribution in [0.15, 0.2) is 24.3 Å². The predicted molar refractivity (Wildman–Crippen MR) is 67.1 cm³/mol. The molecule has 1 rings (SSSR count). The minimum atomic E-state index is -4.30. The number of aliphatic carboxylic acids is 1. The standard InChI is InChI=1S/C11H14NO6P/c1-7(13)12-10(11(14)15)6-8-2-4-9(5-3-8)19(16,17)18/h2-5,10H,6H2,1H3,(H,12,13)(H,14,15)(H2,16,17,18)/t10-/m0/s1. The van der Waals surface area contributed by atoms with Crippen molar-refractivity contribution in [3.8, 4) is 0 Å². The summed E-state index contributed by atoms with van der Waals surface area (Å²) in [7, 11) is -4.30. The summed E-state index contributed by atoms with van der Waals surface area (Å²) in [6.07, 6.45) is 0.0380. The van der Waals surface area contributed by atoms with E-state index in [9.17, 15) is 14.2 Å². The molecule has 0 aliphatic heterocycles. The lowest BCUT2D eigenvalue weighted by Gasteiger charge is -2.13. The monoisotopic (exact) mass is 287 g/mol. The molecule has 0 unspecified atom stereocenters. The number of hydrogen-bond acceptors (Lipinski definition) is 3. The number of amides is 1.